The van der Waals surface area contributed by atoms with Crippen molar-refractivity contribution < 1.29 is 24.2 Å². The first kappa shape index (κ1) is 25.4. The summed E-state index contributed by atoms with van der Waals surface area (Å²) in [5.74, 6) is -0.265. The maximum Gasteiger partial charge on any atom is 0.300 e. The fourth-order valence-corrected chi connectivity index (χ4v) is 5.29. The molecule has 0 radical (unpaired) electrons. The van der Waals surface area contributed by atoms with Crippen molar-refractivity contribution >= 4 is 28.8 Å². The number of benzene rings is 3. The third kappa shape index (κ3) is 4.49. The Bertz CT molecular complexity index is 1390. The first-order valence-electron chi connectivity index (χ1n) is 13.0. The second-order valence-electron chi connectivity index (χ2n) is 9.41. The molecule has 2 aliphatic rings. The molecule has 7 nitrogen and oxygen atoms in total. The number of aryl methyl sites for hydroxylation is 1. The second kappa shape index (κ2) is 10.6. The molecule has 1 fully saturated rings. The molecule has 0 bridgehead atoms. The van der Waals surface area contributed by atoms with Crippen LogP contribution in [0.4, 0.5) is 11.4 Å². The number of carbonyl (C=O) groups is 2. The fourth-order valence-electron chi connectivity index (χ4n) is 5.29. The van der Waals surface area contributed by atoms with Gasteiger partial charge in [-0.1, -0.05) is 18.2 Å². The van der Waals surface area contributed by atoms with Crippen molar-refractivity contribution in [1.29, 1.82) is 0 Å². The Morgan fingerprint density at radius 3 is 2.53 bits per heavy atom. The Balaban J connectivity index is 1.66. The van der Waals surface area contributed by atoms with Crippen LogP contribution in [0.25, 0.3) is 5.76 Å². The molecule has 1 N–H and O–H groups in total. The van der Waals surface area contributed by atoms with E-state index in [2.05, 4.69) is 18.7 Å². The molecule has 3 aromatic carbocycles. The maximum absolute atomic E-state index is 13.5. The Morgan fingerprint density at radius 1 is 1.05 bits per heavy atom. The third-order valence-corrected chi connectivity index (χ3v) is 7.30. The highest BCUT2D eigenvalue weighted by Gasteiger charge is 2.47. The van der Waals surface area contributed by atoms with Crippen molar-refractivity contribution in [3.05, 3.63) is 89.0 Å². The molecule has 38 heavy (non-hydrogen) atoms. The molecule has 1 unspecified atom stereocenters. The SMILES string of the molecule is CCN(CC)c1ccc(C2/C(=C(/O)c3ccc4c(c3)CCCO4)C(=O)C(=O)N2c2cccc(OC)c2)cc1. The van der Waals surface area contributed by atoms with Gasteiger partial charge in [-0.3, -0.25) is 14.5 Å². The number of aliphatic hydroxyl groups is 1. The number of carbonyl (C=O) groups excluding carboxylic acids is 2. The quantitative estimate of drug-likeness (QED) is 0.256. The number of nitrogens with zero attached hydrogens (tertiary/aromatic N) is 2. The van der Waals surface area contributed by atoms with Gasteiger partial charge in [-0.05, 0) is 80.3 Å². The summed E-state index contributed by atoms with van der Waals surface area (Å²) < 4.78 is 11.1. The van der Waals surface area contributed by atoms with Gasteiger partial charge < -0.3 is 19.5 Å². The van der Waals surface area contributed by atoms with Crippen molar-refractivity contribution in [3.63, 3.8) is 0 Å². The van der Waals surface area contributed by atoms with Gasteiger partial charge in [0.2, 0.25) is 0 Å². The predicted octanol–water partition coefficient (Wildman–Crippen LogP) is 5.49. The number of Topliss-reactive ketones (excluding diaryl/α,β-unsaturated/α-hetero) is 1. The molecule has 2 heterocycles. The maximum atomic E-state index is 13.5. The van der Waals surface area contributed by atoms with Gasteiger partial charge in [-0.25, -0.2) is 0 Å². The van der Waals surface area contributed by atoms with E-state index >= 15 is 0 Å². The lowest BCUT2D eigenvalue weighted by Crippen LogP contribution is -2.29. The van der Waals surface area contributed by atoms with E-state index in [1.54, 1.807) is 37.4 Å². The van der Waals surface area contributed by atoms with Crippen molar-refractivity contribution in [1.82, 2.24) is 0 Å². The summed E-state index contributed by atoms with van der Waals surface area (Å²) >= 11 is 0. The van der Waals surface area contributed by atoms with Gasteiger partial charge in [0.15, 0.2) is 0 Å². The third-order valence-electron chi connectivity index (χ3n) is 7.30. The van der Waals surface area contributed by atoms with Crippen molar-refractivity contribution in [2.45, 2.75) is 32.7 Å². The first-order valence-corrected chi connectivity index (χ1v) is 13.0. The zero-order valence-corrected chi connectivity index (χ0v) is 21.9. The number of rotatable bonds is 7. The lowest BCUT2D eigenvalue weighted by molar-refractivity contribution is -0.132. The van der Waals surface area contributed by atoms with Gasteiger partial charge in [0.25, 0.3) is 11.7 Å². The van der Waals surface area contributed by atoms with Crippen LogP contribution >= 0.6 is 0 Å². The Labute approximate surface area is 222 Å². The van der Waals surface area contributed by atoms with Gasteiger partial charge >= 0.3 is 0 Å². The van der Waals surface area contributed by atoms with E-state index in [9.17, 15) is 14.7 Å². The number of anilines is 2. The van der Waals surface area contributed by atoms with Crippen LogP contribution in [0.1, 0.15) is 43.0 Å². The molecule has 0 aromatic heterocycles. The zero-order valence-electron chi connectivity index (χ0n) is 21.9. The van der Waals surface area contributed by atoms with Crippen LogP contribution in [-0.4, -0.2) is 43.6 Å². The normalized spacial score (nSPS) is 18.2. The van der Waals surface area contributed by atoms with Gasteiger partial charge in [0, 0.05) is 36.1 Å². The minimum Gasteiger partial charge on any atom is -0.507 e. The summed E-state index contributed by atoms with van der Waals surface area (Å²) in [6.45, 7) is 6.57. The largest absolute Gasteiger partial charge is 0.507 e. The number of amides is 1. The van der Waals surface area contributed by atoms with E-state index in [-0.39, 0.29) is 11.3 Å². The average molecular weight is 513 g/mol. The summed E-state index contributed by atoms with van der Waals surface area (Å²) in [5.41, 5.74) is 3.81. The van der Waals surface area contributed by atoms with Gasteiger partial charge in [-0.2, -0.15) is 0 Å². The fraction of sp³-hybridized carbons (Fsp3) is 0.290. The molecule has 1 saturated heterocycles. The first-order chi connectivity index (χ1) is 18.5. The molecule has 1 amide bonds. The summed E-state index contributed by atoms with van der Waals surface area (Å²) in [6, 6.07) is 19.5. The van der Waals surface area contributed by atoms with Crippen LogP contribution in [0.2, 0.25) is 0 Å². The zero-order chi connectivity index (χ0) is 26.8. The molecular weight excluding hydrogens is 480 g/mol. The van der Waals surface area contributed by atoms with Crippen LogP contribution in [-0.2, 0) is 16.0 Å². The van der Waals surface area contributed by atoms with Gasteiger partial charge in [0.1, 0.15) is 17.3 Å². The molecular formula is C31H32N2O5. The number of hydrogen-bond acceptors (Lipinski definition) is 6. The van der Waals surface area contributed by atoms with Crippen LogP contribution in [0.15, 0.2) is 72.3 Å². The molecule has 2 aliphatic heterocycles. The minimum atomic E-state index is -0.805. The molecule has 0 aliphatic carbocycles. The highest BCUT2D eigenvalue weighted by molar-refractivity contribution is 6.51. The van der Waals surface area contributed by atoms with Gasteiger partial charge in [-0.15, -0.1) is 0 Å². The van der Waals surface area contributed by atoms with Crippen molar-refractivity contribution in [2.24, 2.45) is 0 Å². The van der Waals surface area contributed by atoms with E-state index in [0.717, 1.165) is 48.5 Å². The summed E-state index contributed by atoms with van der Waals surface area (Å²) in [7, 11) is 1.55. The minimum absolute atomic E-state index is 0.0603. The molecule has 5 rings (SSSR count). The molecule has 0 spiro atoms. The van der Waals surface area contributed by atoms with E-state index < -0.39 is 17.7 Å². The summed E-state index contributed by atoms with van der Waals surface area (Å²) in [5, 5.41) is 11.5. The van der Waals surface area contributed by atoms with Crippen LogP contribution < -0.4 is 19.3 Å². The molecule has 7 heteroatoms. The number of methoxy groups -OCH3 is 1. The lowest BCUT2D eigenvalue weighted by Gasteiger charge is -2.27. The highest BCUT2D eigenvalue weighted by atomic mass is 16.5. The van der Waals surface area contributed by atoms with E-state index in [4.69, 9.17) is 9.47 Å². The number of hydrogen-bond donors (Lipinski definition) is 1. The van der Waals surface area contributed by atoms with E-state index in [0.29, 0.717) is 23.6 Å². The lowest BCUT2D eigenvalue weighted by atomic mass is 9.93. The van der Waals surface area contributed by atoms with Gasteiger partial charge in [0.05, 0.1) is 25.3 Å². The monoisotopic (exact) mass is 512 g/mol. The molecule has 3 aromatic rings. The number of ether oxygens (including phenoxy) is 2. The molecule has 196 valence electrons. The standard InChI is InChI=1S/C31H32N2O5/c1-4-32(5-2)23-14-11-20(12-15-23)28-27(29(34)22-13-16-26-21(18-22)8-7-17-38-26)30(35)31(36)33(28)24-9-6-10-25(19-24)37-3/h6,9-16,18-19,28,34H,4-5,7-8,17H2,1-3H3/b29-27-. The van der Waals surface area contributed by atoms with Crippen molar-refractivity contribution in [2.75, 3.05) is 36.6 Å². The summed E-state index contributed by atoms with van der Waals surface area (Å²) in [6.07, 6.45) is 1.71. The van der Waals surface area contributed by atoms with Crippen molar-refractivity contribution in [3.8, 4) is 11.5 Å². The Morgan fingerprint density at radius 2 is 1.82 bits per heavy atom. The number of aliphatic hydroxyl groups excluding tert-OH is 1. The highest BCUT2D eigenvalue weighted by Crippen LogP contribution is 2.43. The van der Waals surface area contributed by atoms with Crippen LogP contribution in [0, 0.1) is 0 Å². The summed E-state index contributed by atoms with van der Waals surface area (Å²) in [4.78, 5) is 30.7. The Hall–Kier alpha value is -4.26. The predicted molar refractivity (Wildman–Crippen MR) is 148 cm³/mol. The van der Waals surface area contributed by atoms with E-state index in [1.807, 2.05) is 36.4 Å². The smallest absolute Gasteiger partial charge is 0.300 e. The van der Waals surface area contributed by atoms with E-state index in [1.165, 1.54) is 4.90 Å². The topological polar surface area (TPSA) is 79.3 Å². The number of ketones is 1. The average Bonchev–Trinajstić information content (AvgIpc) is 3.23. The van der Waals surface area contributed by atoms with Crippen LogP contribution in [0.5, 0.6) is 11.5 Å². The van der Waals surface area contributed by atoms with Crippen LogP contribution in [0.3, 0.4) is 0 Å². The Kier molecular flexibility index (Phi) is 7.09. The molecule has 0 saturated carbocycles. The second-order valence-corrected chi connectivity index (χ2v) is 9.41. The molecule has 1 atom stereocenters. The number of fused-ring (bicyclic) bond motifs is 1.